The van der Waals surface area contributed by atoms with Crippen LogP contribution in [-0.4, -0.2) is 28.4 Å². The van der Waals surface area contributed by atoms with Gasteiger partial charge in [0.05, 0.1) is 11.5 Å². The predicted octanol–water partition coefficient (Wildman–Crippen LogP) is 1.93. The summed E-state index contributed by atoms with van der Waals surface area (Å²) in [6.45, 7) is 1.59. The number of Topliss-reactive ketones (excluding diaryl/α,β-unsaturated/α-hetero) is 1. The molecule has 1 aromatic rings. The number of hydrogen-bond acceptors (Lipinski definition) is 5. The molecular weight excluding hydrogens is 273 g/mol. The number of nitro groups is 1. The maximum Gasteiger partial charge on any atom is 0.335 e. The third-order valence-electron chi connectivity index (χ3n) is 2.23. The number of nitro benzene ring substituents is 1. The van der Waals surface area contributed by atoms with Crippen molar-refractivity contribution in [3.63, 3.8) is 0 Å². The van der Waals surface area contributed by atoms with Crippen LogP contribution in [0.15, 0.2) is 24.3 Å². The number of ketones is 1. The van der Waals surface area contributed by atoms with Crippen molar-refractivity contribution >= 4 is 19.1 Å². The summed E-state index contributed by atoms with van der Waals surface area (Å²) in [5, 5.41) is 10.6. The van der Waals surface area contributed by atoms with Gasteiger partial charge >= 0.3 is 7.60 Å². The molecule has 0 saturated carbocycles. The Balaban J connectivity index is 2.70. The minimum atomic E-state index is -3.90. The van der Waals surface area contributed by atoms with E-state index in [-0.39, 0.29) is 18.7 Å². The number of non-ortho nitro benzene ring substituents is 1. The summed E-state index contributed by atoms with van der Waals surface area (Å²) in [4.78, 5) is 30.9. The monoisotopic (exact) mass is 287 g/mol. The molecular formula is C11H14NO6P. The summed E-state index contributed by atoms with van der Waals surface area (Å²) >= 11 is 0. The van der Waals surface area contributed by atoms with Crippen LogP contribution in [0.1, 0.15) is 12.5 Å². The third-order valence-corrected chi connectivity index (χ3v) is 3.64. The molecule has 7 nitrogen and oxygen atoms in total. The van der Waals surface area contributed by atoms with E-state index >= 15 is 0 Å². The first-order valence-electron chi connectivity index (χ1n) is 5.55. The first-order chi connectivity index (χ1) is 8.84. The number of rotatable bonds is 7. The summed E-state index contributed by atoms with van der Waals surface area (Å²) in [6.07, 6.45) is -0.733. The Labute approximate surface area is 109 Å². The summed E-state index contributed by atoms with van der Waals surface area (Å²) in [5.41, 5.74) is 0.304. The molecule has 0 aliphatic rings. The fourth-order valence-corrected chi connectivity index (χ4v) is 2.59. The minimum absolute atomic E-state index is 0.0396. The second kappa shape index (κ2) is 6.56. The molecule has 0 saturated heterocycles. The second-order valence-electron chi connectivity index (χ2n) is 3.86. The van der Waals surface area contributed by atoms with Crippen LogP contribution in [-0.2, 0) is 20.3 Å². The lowest BCUT2D eigenvalue weighted by Crippen LogP contribution is -2.10. The summed E-state index contributed by atoms with van der Waals surface area (Å²) in [6, 6.07) is 5.59. The molecule has 0 fully saturated rings. The average Bonchev–Trinajstić information content (AvgIpc) is 2.27. The van der Waals surface area contributed by atoms with Crippen molar-refractivity contribution in [3.05, 3.63) is 39.9 Å². The fourth-order valence-electron chi connectivity index (χ4n) is 1.53. The Morgan fingerprint density at radius 3 is 2.79 bits per heavy atom. The van der Waals surface area contributed by atoms with Gasteiger partial charge in [-0.1, -0.05) is 12.1 Å². The lowest BCUT2D eigenvalue weighted by molar-refractivity contribution is -0.384. The van der Waals surface area contributed by atoms with Gasteiger partial charge in [0.1, 0.15) is 11.9 Å². The van der Waals surface area contributed by atoms with E-state index < -0.39 is 24.5 Å². The van der Waals surface area contributed by atoms with Crippen LogP contribution in [0.2, 0.25) is 0 Å². The molecule has 1 unspecified atom stereocenters. The molecule has 8 heteroatoms. The first kappa shape index (κ1) is 15.5. The zero-order chi connectivity index (χ0) is 14.5. The molecule has 0 aliphatic carbocycles. The van der Waals surface area contributed by atoms with Crippen LogP contribution in [0.3, 0.4) is 0 Å². The SMILES string of the molecule is CCOP(=O)(O)CC(=O)Cc1cccc([N+](=O)[O-])c1. The second-order valence-corrected chi connectivity index (χ2v) is 5.71. The maximum atomic E-state index is 11.6. The zero-order valence-electron chi connectivity index (χ0n) is 10.3. The Morgan fingerprint density at radius 1 is 1.53 bits per heavy atom. The van der Waals surface area contributed by atoms with Crippen molar-refractivity contribution in [2.24, 2.45) is 0 Å². The van der Waals surface area contributed by atoms with Crippen LogP contribution in [0, 0.1) is 10.1 Å². The van der Waals surface area contributed by atoms with Crippen molar-refractivity contribution < 1.29 is 23.7 Å². The lowest BCUT2D eigenvalue weighted by atomic mass is 10.1. The first-order valence-corrected chi connectivity index (χ1v) is 7.31. The van der Waals surface area contributed by atoms with E-state index in [1.807, 2.05) is 0 Å². The van der Waals surface area contributed by atoms with Crippen molar-refractivity contribution in [2.75, 3.05) is 12.8 Å². The fraction of sp³-hybridized carbons (Fsp3) is 0.364. The molecule has 0 aromatic heterocycles. The quantitative estimate of drug-likeness (QED) is 0.466. The van der Waals surface area contributed by atoms with Gasteiger partial charge in [-0.2, -0.15) is 0 Å². The molecule has 0 bridgehead atoms. The van der Waals surface area contributed by atoms with Crippen LogP contribution < -0.4 is 0 Å². The molecule has 0 spiro atoms. The van der Waals surface area contributed by atoms with Crippen LogP contribution in [0.5, 0.6) is 0 Å². The molecule has 104 valence electrons. The van der Waals surface area contributed by atoms with Crippen molar-refractivity contribution in [3.8, 4) is 0 Å². The number of carbonyl (C=O) groups excluding carboxylic acids is 1. The Bertz CT molecular complexity index is 530. The van der Waals surface area contributed by atoms with Crippen molar-refractivity contribution in [1.82, 2.24) is 0 Å². The molecule has 1 aromatic carbocycles. The highest BCUT2D eigenvalue weighted by Crippen LogP contribution is 2.41. The van der Waals surface area contributed by atoms with Gasteiger partial charge in [-0.25, -0.2) is 0 Å². The van der Waals surface area contributed by atoms with Gasteiger partial charge in [-0.05, 0) is 12.5 Å². The highest BCUT2D eigenvalue weighted by Gasteiger charge is 2.23. The standard InChI is InChI=1S/C11H14NO6P/c1-2-18-19(16,17)8-11(13)7-9-4-3-5-10(6-9)12(14)15/h3-6H,2,7-8H2,1H3,(H,16,17). The van der Waals surface area contributed by atoms with E-state index in [9.17, 15) is 24.4 Å². The van der Waals surface area contributed by atoms with Gasteiger partial charge in [0.25, 0.3) is 5.69 Å². The third kappa shape index (κ3) is 5.30. The normalized spacial score (nSPS) is 13.8. The summed E-state index contributed by atoms with van der Waals surface area (Å²) < 4.78 is 16.0. The molecule has 1 N–H and O–H groups in total. The number of hydrogen-bond donors (Lipinski definition) is 1. The van der Waals surface area contributed by atoms with Crippen LogP contribution in [0.4, 0.5) is 5.69 Å². The van der Waals surface area contributed by atoms with Gasteiger partial charge < -0.3 is 9.42 Å². The van der Waals surface area contributed by atoms with Gasteiger partial charge in [-0.15, -0.1) is 0 Å². The number of nitrogens with zero attached hydrogens (tertiary/aromatic N) is 1. The largest absolute Gasteiger partial charge is 0.335 e. The average molecular weight is 287 g/mol. The van der Waals surface area contributed by atoms with E-state index in [1.165, 1.54) is 18.2 Å². The van der Waals surface area contributed by atoms with Crippen molar-refractivity contribution in [1.29, 1.82) is 0 Å². The Kier molecular flexibility index (Phi) is 5.35. The molecule has 0 aliphatic heterocycles. The highest BCUT2D eigenvalue weighted by molar-refractivity contribution is 7.53. The van der Waals surface area contributed by atoms with E-state index in [0.717, 1.165) is 0 Å². The van der Waals surface area contributed by atoms with Crippen LogP contribution >= 0.6 is 7.60 Å². The maximum absolute atomic E-state index is 11.6. The smallest absolute Gasteiger partial charge is 0.324 e. The molecule has 0 amide bonds. The Morgan fingerprint density at radius 2 is 2.21 bits per heavy atom. The van der Waals surface area contributed by atoms with Gasteiger partial charge in [-0.3, -0.25) is 19.5 Å². The lowest BCUT2D eigenvalue weighted by Gasteiger charge is -2.09. The zero-order valence-corrected chi connectivity index (χ0v) is 11.2. The number of benzene rings is 1. The van der Waals surface area contributed by atoms with E-state index in [0.29, 0.717) is 5.56 Å². The molecule has 19 heavy (non-hydrogen) atoms. The summed E-state index contributed by atoms with van der Waals surface area (Å²) in [7, 11) is -3.90. The van der Waals surface area contributed by atoms with E-state index in [4.69, 9.17) is 0 Å². The van der Waals surface area contributed by atoms with E-state index in [2.05, 4.69) is 4.52 Å². The molecule has 1 rings (SSSR count). The minimum Gasteiger partial charge on any atom is -0.324 e. The summed E-state index contributed by atoms with van der Waals surface area (Å²) in [5.74, 6) is -0.500. The topological polar surface area (TPSA) is 107 Å². The van der Waals surface area contributed by atoms with Gasteiger partial charge in [0, 0.05) is 18.6 Å². The molecule has 1 atom stereocenters. The van der Waals surface area contributed by atoms with E-state index in [1.54, 1.807) is 13.0 Å². The van der Waals surface area contributed by atoms with Crippen molar-refractivity contribution in [2.45, 2.75) is 13.3 Å². The molecule has 0 radical (unpaired) electrons. The molecule has 0 heterocycles. The van der Waals surface area contributed by atoms with Gasteiger partial charge in [0.2, 0.25) is 0 Å². The highest BCUT2D eigenvalue weighted by atomic mass is 31.2. The Hall–Kier alpha value is -1.56. The van der Waals surface area contributed by atoms with Gasteiger partial charge in [0.15, 0.2) is 0 Å². The van der Waals surface area contributed by atoms with Crippen LogP contribution in [0.25, 0.3) is 0 Å². The number of carbonyl (C=O) groups is 1. The predicted molar refractivity (Wildman–Crippen MR) is 68.1 cm³/mol.